The Kier molecular flexibility index (Phi) is 5.90. The molecule has 0 saturated carbocycles. The van der Waals surface area contributed by atoms with E-state index in [-0.39, 0.29) is 5.92 Å². The number of hydrogen-bond donors (Lipinski definition) is 2. The third-order valence-electron chi connectivity index (χ3n) is 6.34. The summed E-state index contributed by atoms with van der Waals surface area (Å²) in [5.41, 5.74) is 6.37. The lowest BCUT2D eigenvalue weighted by atomic mass is 9.82. The summed E-state index contributed by atoms with van der Waals surface area (Å²) in [4.78, 5) is 24.2. The van der Waals surface area contributed by atoms with Crippen LogP contribution in [0, 0.1) is 12.8 Å². The minimum Gasteiger partial charge on any atom is -0.461 e. The van der Waals surface area contributed by atoms with Crippen LogP contribution in [0.25, 0.3) is 22.1 Å². The molecule has 1 amide bonds. The molecule has 1 aliphatic rings. The number of primary amides is 1. The van der Waals surface area contributed by atoms with Gasteiger partial charge in [-0.3, -0.25) is 0 Å². The number of aliphatic hydroxyl groups is 1. The van der Waals surface area contributed by atoms with Crippen LogP contribution in [-0.2, 0) is 9.47 Å². The fourth-order valence-electron chi connectivity index (χ4n) is 4.16. The summed E-state index contributed by atoms with van der Waals surface area (Å²) in [5.74, 6) is -0.0338. The highest BCUT2D eigenvalue weighted by Crippen LogP contribution is 2.37. The fourth-order valence-corrected chi connectivity index (χ4v) is 4.16. The topological polar surface area (TPSA) is 121 Å². The molecule has 2 heterocycles. The van der Waals surface area contributed by atoms with Gasteiger partial charge in [-0.15, -0.1) is 0 Å². The number of rotatable bonds is 4. The quantitative estimate of drug-likeness (QED) is 0.577. The van der Waals surface area contributed by atoms with Crippen LogP contribution in [-0.4, -0.2) is 35.3 Å². The molecule has 3 N–H and O–H groups in total. The highest BCUT2D eigenvalue weighted by Gasteiger charge is 2.50. The molecule has 0 spiro atoms. The van der Waals surface area contributed by atoms with Crippen molar-refractivity contribution in [2.45, 2.75) is 51.8 Å². The van der Waals surface area contributed by atoms with E-state index in [0.29, 0.717) is 16.9 Å². The lowest BCUT2D eigenvalue weighted by Crippen LogP contribution is -2.61. The lowest BCUT2D eigenvalue weighted by molar-refractivity contribution is -0.283. The monoisotopic (exact) mass is 453 g/mol. The van der Waals surface area contributed by atoms with Crippen LogP contribution < -0.4 is 16.1 Å². The Morgan fingerprint density at radius 2 is 1.85 bits per heavy atom. The van der Waals surface area contributed by atoms with Crippen molar-refractivity contribution in [1.29, 1.82) is 0 Å². The van der Waals surface area contributed by atoms with E-state index in [4.69, 9.17) is 24.4 Å². The van der Waals surface area contributed by atoms with E-state index >= 15 is 0 Å². The molecule has 4 rings (SSSR count). The molecule has 33 heavy (non-hydrogen) atoms. The maximum atomic E-state index is 12.8. The number of aryl methyl sites for hydroxylation is 1. The second-order valence-corrected chi connectivity index (χ2v) is 8.80. The van der Waals surface area contributed by atoms with Gasteiger partial charge in [-0.05, 0) is 44.0 Å². The maximum absolute atomic E-state index is 12.8. The molecule has 4 atom stereocenters. The van der Waals surface area contributed by atoms with Crippen LogP contribution in [0.5, 0.6) is 5.75 Å². The van der Waals surface area contributed by atoms with Crippen molar-refractivity contribution >= 4 is 17.1 Å². The first kappa shape index (κ1) is 22.8. The molecule has 1 saturated heterocycles. The summed E-state index contributed by atoms with van der Waals surface area (Å²) in [6, 6.07) is 14.4. The van der Waals surface area contributed by atoms with Crippen LogP contribution >= 0.6 is 0 Å². The number of hydrogen-bond acceptors (Lipinski definition) is 7. The van der Waals surface area contributed by atoms with Crippen molar-refractivity contribution in [3.8, 4) is 16.9 Å². The number of nitrogens with two attached hydrogens (primary N) is 1. The Balaban J connectivity index is 1.70. The summed E-state index contributed by atoms with van der Waals surface area (Å²) < 4.78 is 22.7. The Morgan fingerprint density at radius 1 is 1.15 bits per heavy atom. The maximum Gasteiger partial charge on any atom is 0.405 e. The highest BCUT2D eigenvalue weighted by molar-refractivity contribution is 5.87. The van der Waals surface area contributed by atoms with E-state index in [2.05, 4.69) is 0 Å². The van der Waals surface area contributed by atoms with Gasteiger partial charge in [-0.25, -0.2) is 9.59 Å². The van der Waals surface area contributed by atoms with Crippen LogP contribution in [0.2, 0.25) is 0 Å². The number of carbonyl (C=O) groups is 1. The molecule has 3 aromatic rings. The number of carbonyl (C=O) groups excluding carboxylic acids is 1. The predicted molar refractivity (Wildman–Crippen MR) is 122 cm³/mol. The average Bonchev–Trinajstić information content (AvgIpc) is 2.75. The van der Waals surface area contributed by atoms with Crippen molar-refractivity contribution in [3.63, 3.8) is 0 Å². The SMILES string of the molecule is Cc1c(-c2ccccc2)c(=O)oc2cc(OC3OC(C)(C)[C@H](C)[C@H](O)[C@@H]3OC(N)=O)ccc12. The molecule has 8 heteroatoms. The summed E-state index contributed by atoms with van der Waals surface area (Å²) in [5, 5.41) is 11.5. The smallest absolute Gasteiger partial charge is 0.405 e. The van der Waals surface area contributed by atoms with Gasteiger partial charge in [-0.2, -0.15) is 0 Å². The van der Waals surface area contributed by atoms with Gasteiger partial charge < -0.3 is 29.5 Å². The Bertz CT molecular complexity index is 1230. The third kappa shape index (κ3) is 4.31. The Morgan fingerprint density at radius 3 is 2.52 bits per heavy atom. The Labute approximate surface area is 190 Å². The van der Waals surface area contributed by atoms with Gasteiger partial charge in [-0.1, -0.05) is 37.3 Å². The van der Waals surface area contributed by atoms with E-state index in [1.165, 1.54) is 0 Å². The van der Waals surface area contributed by atoms with Gasteiger partial charge in [0.1, 0.15) is 17.4 Å². The van der Waals surface area contributed by atoms with Crippen molar-refractivity contribution in [1.82, 2.24) is 0 Å². The van der Waals surface area contributed by atoms with E-state index in [1.54, 1.807) is 25.1 Å². The molecule has 0 aliphatic carbocycles. The van der Waals surface area contributed by atoms with Crippen molar-refractivity contribution in [2.75, 3.05) is 0 Å². The number of fused-ring (bicyclic) bond motifs is 1. The zero-order valence-corrected chi connectivity index (χ0v) is 18.9. The normalized spacial score (nSPS) is 24.4. The number of benzene rings is 2. The number of ether oxygens (including phenoxy) is 3. The molecule has 0 radical (unpaired) electrons. The van der Waals surface area contributed by atoms with Gasteiger partial charge in [0, 0.05) is 17.4 Å². The first-order valence-electron chi connectivity index (χ1n) is 10.7. The van der Waals surface area contributed by atoms with Crippen molar-refractivity contribution in [3.05, 3.63) is 64.5 Å². The van der Waals surface area contributed by atoms with Gasteiger partial charge in [0.2, 0.25) is 6.29 Å². The van der Waals surface area contributed by atoms with E-state index in [1.807, 2.05) is 51.1 Å². The standard InChI is InChI=1S/C25H27NO7/c1-13-17-11-10-16(12-18(17)31-22(28)19(13)15-8-6-5-7-9-15)30-23-21(32-24(26)29)20(27)14(2)25(3,4)33-23/h5-12,14,20-21,23,27H,1-4H3,(H2,26,29)/t14-,20+,21+,23?/m1/s1. The first-order valence-corrected chi connectivity index (χ1v) is 10.7. The molecule has 1 aromatic heterocycles. The average molecular weight is 453 g/mol. The molecular formula is C25H27NO7. The molecule has 174 valence electrons. The van der Waals surface area contributed by atoms with E-state index in [0.717, 1.165) is 16.5 Å². The highest BCUT2D eigenvalue weighted by atomic mass is 16.7. The zero-order valence-electron chi connectivity index (χ0n) is 18.9. The Hall–Kier alpha value is -3.36. The van der Waals surface area contributed by atoms with Crippen LogP contribution in [0.4, 0.5) is 4.79 Å². The van der Waals surface area contributed by atoms with Gasteiger partial charge in [0.05, 0.1) is 11.2 Å². The van der Waals surface area contributed by atoms with Gasteiger partial charge in [0.25, 0.3) is 0 Å². The summed E-state index contributed by atoms with van der Waals surface area (Å²) in [6.07, 6.45) is -4.35. The van der Waals surface area contributed by atoms with Crippen LogP contribution in [0.15, 0.2) is 57.7 Å². The largest absolute Gasteiger partial charge is 0.461 e. The lowest BCUT2D eigenvalue weighted by Gasteiger charge is -2.46. The zero-order chi connectivity index (χ0) is 23.9. The molecule has 1 fully saturated rings. The minimum absolute atomic E-state index is 0.318. The van der Waals surface area contributed by atoms with E-state index < -0.39 is 35.8 Å². The molecule has 1 aliphatic heterocycles. The molecule has 1 unspecified atom stereocenters. The second-order valence-electron chi connectivity index (χ2n) is 8.80. The predicted octanol–water partition coefficient (Wildman–Crippen LogP) is 3.74. The van der Waals surface area contributed by atoms with E-state index in [9.17, 15) is 14.7 Å². The summed E-state index contributed by atoms with van der Waals surface area (Å²) in [7, 11) is 0. The molecule has 2 aromatic carbocycles. The van der Waals surface area contributed by atoms with Crippen molar-refractivity contribution in [2.24, 2.45) is 11.7 Å². The fraction of sp³-hybridized carbons (Fsp3) is 0.360. The van der Waals surface area contributed by atoms with Gasteiger partial charge in [0.15, 0.2) is 6.10 Å². The third-order valence-corrected chi connectivity index (χ3v) is 6.34. The number of amides is 1. The van der Waals surface area contributed by atoms with Crippen LogP contribution in [0.1, 0.15) is 26.3 Å². The van der Waals surface area contributed by atoms with Crippen molar-refractivity contribution < 1.29 is 28.5 Å². The minimum atomic E-state index is -1.13. The first-order chi connectivity index (χ1) is 15.6. The molecular weight excluding hydrogens is 426 g/mol. The molecule has 0 bridgehead atoms. The van der Waals surface area contributed by atoms with Gasteiger partial charge >= 0.3 is 11.7 Å². The summed E-state index contributed by atoms with van der Waals surface area (Å²) in [6.45, 7) is 7.27. The molecule has 8 nitrogen and oxygen atoms in total. The van der Waals surface area contributed by atoms with Crippen LogP contribution in [0.3, 0.4) is 0 Å². The number of aliphatic hydroxyl groups excluding tert-OH is 1. The second kappa shape index (κ2) is 8.53. The summed E-state index contributed by atoms with van der Waals surface area (Å²) >= 11 is 0.